The molecule has 0 radical (unpaired) electrons. The van der Waals surface area contributed by atoms with Gasteiger partial charge in [0.1, 0.15) is 0 Å². The Morgan fingerprint density at radius 2 is 0.857 bits per heavy atom. The van der Waals surface area contributed by atoms with Crippen LogP contribution >= 0.6 is 67.8 Å². The van der Waals surface area contributed by atoms with Crippen LogP contribution in [0.5, 0.6) is 0 Å². The van der Waals surface area contributed by atoms with Crippen LogP contribution in [0.2, 0.25) is 0 Å². The standard InChI is InChI=1S/C4F7I3/c5-1(6,3(8,9)13)2(7,12)4(10,11)14. The summed E-state index contributed by atoms with van der Waals surface area (Å²) in [6, 6.07) is 0. The Hall–Kier alpha value is 1.70. The fourth-order valence-corrected chi connectivity index (χ4v) is 1.92. The molecule has 1 atom stereocenters. The molecule has 10 heteroatoms. The first-order chi connectivity index (χ1) is 5.75. The summed E-state index contributed by atoms with van der Waals surface area (Å²) in [5.74, 6) is -5.47. The molecule has 0 aromatic heterocycles. The molecule has 0 saturated carbocycles. The molecule has 0 aliphatic carbocycles. The number of hydrogen-bond donors (Lipinski definition) is 0. The van der Waals surface area contributed by atoms with E-state index in [2.05, 4.69) is 0 Å². The summed E-state index contributed by atoms with van der Waals surface area (Å²) < 4.78 is 72.9. The normalized spacial score (nSPS) is 19.3. The van der Waals surface area contributed by atoms with Crippen molar-refractivity contribution < 1.29 is 30.7 Å². The van der Waals surface area contributed by atoms with Gasteiger partial charge < -0.3 is 0 Å². The van der Waals surface area contributed by atoms with E-state index < -0.39 is 17.5 Å². The Kier molecular flexibility index (Phi) is 4.68. The number of rotatable bonds is 3. The lowest BCUT2D eigenvalue weighted by Gasteiger charge is -2.33. The molecule has 0 bridgehead atoms. The van der Waals surface area contributed by atoms with Gasteiger partial charge in [-0.05, 0) is 22.6 Å². The summed E-state index contributed by atoms with van der Waals surface area (Å²) in [6.45, 7) is 0. The molecule has 0 nitrogen and oxygen atoms in total. The molecule has 0 aromatic carbocycles. The quantitative estimate of drug-likeness (QED) is 0.265. The van der Waals surface area contributed by atoms with Crippen LogP contribution in [0.4, 0.5) is 30.7 Å². The molecule has 0 amide bonds. The lowest BCUT2D eigenvalue weighted by atomic mass is 10.2. The minimum Gasteiger partial charge on any atom is -0.217 e. The Labute approximate surface area is 115 Å². The number of hydrogen-bond acceptors (Lipinski definition) is 0. The minimum absolute atomic E-state index is 0.00852. The Morgan fingerprint density at radius 1 is 0.571 bits per heavy atom. The van der Waals surface area contributed by atoms with Gasteiger partial charge in [0.05, 0.1) is 0 Å². The van der Waals surface area contributed by atoms with Gasteiger partial charge in [-0.25, -0.2) is 4.39 Å². The highest BCUT2D eigenvalue weighted by molar-refractivity contribution is 14.1. The maximum atomic E-state index is 12.9. The number of alkyl halides is 10. The first-order valence-electron chi connectivity index (χ1n) is 2.64. The van der Waals surface area contributed by atoms with E-state index in [1.165, 1.54) is 0 Å². The van der Waals surface area contributed by atoms with Crippen LogP contribution in [-0.4, -0.2) is 17.5 Å². The molecule has 86 valence electrons. The van der Waals surface area contributed by atoms with Gasteiger partial charge in [0.15, 0.2) is 0 Å². The molecule has 0 aliphatic rings. The molecule has 0 rings (SSSR count). The SMILES string of the molecule is FC(F)(I)C(F)(F)C(F)(I)C(F)(F)I. The maximum Gasteiger partial charge on any atom is 0.368 e. The smallest absolute Gasteiger partial charge is 0.217 e. The van der Waals surface area contributed by atoms with E-state index in [0.717, 1.165) is 0 Å². The summed E-state index contributed by atoms with van der Waals surface area (Å²) in [4.78, 5) is 0. The summed E-state index contributed by atoms with van der Waals surface area (Å²) in [5.41, 5.74) is 0. The fourth-order valence-electron chi connectivity index (χ4n) is 0.356. The minimum atomic E-state index is -5.47. The molecule has 0 aromatic rings. The van der Waals surface area contributed by atoms with Crippen molar-refractivity contribution in [1.29, 1.82) is 0 Å². The third-order valence-electron chi connectivity index (χ3n) is 1.11. The highest BCUT2D eigenvalue weighted by Gasteiger charge is 2.76. The van der Waals surface area contributed by atoms with Crippen LogP contribution in [0.15, 0.2) is 0 Å². The molecule has 14 heavy (non-hydrogen) atoms. The zero-order valence-electron chi connectivity index (χ0n) is 5.78. The van der Waals surface area contributed by atoms with Crippen molar-refractivity contribution >= 4 is 67.8 Å². The van der Waals surface area contributed by atoms with E-state index in [9.17, 15) is 30.7 Å². The van der Waals surface area contributed by atoms with Crippen LogP contribution in [0.25, 0.3) is 0 Å². The second kappa shape index (κ2) is 4.18. The van der Waals surface area contributed by atoms with Crippen molar-refractivity contribution in [2.75, 3.05) is 0 Å². The van der Waals surface area contributed by atoms with Crippen molar-refractivity contribution in [1.82, 2.24) is 0 Å². The number of halogens is 10. The largest absolute Gasteiger partial charge is 0.368 e. The Bertz CT molecular complexity index is 190. The van der Waals surface area contributed by atoms with Crippen molar-refractivity contribution in [3.05, 3.63) is 0 Å². The third-order valence-corrected chi connectivity index (χ3v) is 4.91. The van der Waals surface area contributed by atoms with E-state index in [1.54, 1.807) is 0 Å². The zero-order chi connectivity index (χ0) is 12.0. The average molecular weight is 562 g/mol. The lowest BCUT2D eigenvalue weighted by molar-refractivity contribution is -0.218. The van der Waals surface area contributed by atoms with Gasteiger partial charge >= 0.3 is 17.5 Å². The van der Waals surface area contributed by atoms with E-state index in [0.29, 0.717) is 0 Å². The second-order valence-electron chi connectivity index (χ2n) is 2.14. The van der Waals surface area contributed by atoms with Gasteiger partial charge in [0.25, 0.3) is 0 Å². The fraction of sp³-hybridized carbons (Fsp3) is 1.00. The monoisotopic (exact) mass is 562 g/mol. The van der Waals surface area contributed by atoms with Crippen LogP contribution in [0.3, 0.4) is 0 Å². The van der Waals surface area contributed by atoms with E-state index >= 15 is 0 Å². The zero-order valence-corrected chi connectivity index (χ0v) is 12.3. The highest BCUT2D eigenvalue weighted by Crippen LogP contribution is 2.59. The highest BCUT2D eigenvalue weighted by atomic mass is 127. The Morgan fingerprint density at radius 3 is 0.929 bits per heavy atom. The molecule has 0 aliphatic heterocycles. The van der Waals surface area contributed by atoms with Crippen molar-refractivity contribution in [3.8, 4) is 0 Å². The lowest BCUT2D eigenvalue weighted by Crippen LogP contribution is -2.56. The van der Waals surface area contributed by atoms with Gasteiger partial charge in [-0.3, -0.25) is 0 Å². The van der Waals surface area contributed by atoms with Gasteiger partial charge in [-0.1, -0.05) is 0 Å². The molecule has 0 spiro atoms. The summed E-state index contributed by atoms with van der Waals surface area (Å²) in [6.07, 6.45) is 0. The van der Waals surface area contributed by atoms with Crippen molar-refractivity contribution in [2.45, 2.75) is 17.5 Å². The first kappa shape index (κ1) is 15.7. The molecule has 0 N–H and O–H groups in total. The van der Waals surface area contributed by atoms with Gasteiger partial charge in [0.2, 0.25) is 0 Å². The summed E-state index contributed by atoms with van der Waals surface area (Å²) in [5, 5.41) is 0. The predicted molar refractivity (Wildman–Crippen MR) is 60.7 cm³/mol. The summed E-state index contributed by atoms with van der Waals surface area (Å²) >= 11 is -0.0366. The second-order valence-corrected chi connectivity index (χ2v) is 6.34. The predicted octanol–water partition coefficient (Wildman–Crippen LogP) is 4.78. The first-order valence-corrected chi connectivity index (χ1v) is 5.88. The topological polar surface area (TPSA) is 0 Å². The summed E-state index contributed by atoms with van der Waals surface area (Å²) in [7, 11) is 0. The molecule has 1 unspecified atom stereocenters. The third kappa shape index (κ3) is 2.68. The average Bonchev–Trinajstić information content (AvgIpc) is 1.81. The maximum absolute atomic E-state index is 12.9. The van der Waals surface area contributed by atoms with E-state index in [1.807, 2.05) is 0 Å². The van der Waals surface area contributed by atoms with Crippen LogP contribution in [-0.2, 0) is 0 Å². The van der Waals surface area contributed by atoms with Crippen LogP contribution in [0.1, 0.15) is 0 Å². The Balaban J connectivity index is 5.30. The van der Waals surface area contributed by atoms with Crippen molar-refractivity contribution in [2.24, 2.45) is 0 Å². The van der Waals surface area contributed by atoms with Crippen molar-refractivity contribution in [3.63, 3.8) is 0 Å². The van der Waals surface area contributed by atoms with Gasteiger partial charge in [-0.15, -0.1) is 0 Å². The van der Waals surface area contributed by atoms with Gasteiger partial charge in [0, 0.05) is 45.2 Å². The molecule has 0 saturated heterocycles. The molecule has 0 fully saturated rings. The van der Waals surface area contributed by atoms with Gasteiger partial charge in [-0.2, -0.15) is 26.3 Å². The van der Waals surface area contributed by atoms with Crippen LogP contribution < -0.4 is 0 Å². The molecule has 0 heterocycles. The van der Waals surface area contributed by atoms with E-state index in [4.69, 9.17) is 0 Å². The molecular formula is C4F7I3. The molecular weight excluding hydrogens is 562 g/mol. The van der Waals surface area contributed by atoms with E-state index in [-0.39, 0.29) is 67.8 Å². The van der Waals surface area contributed by atoms with Crippen LogP contribution in [0, 0.1) is 0 Å².